The Morgan fingerprint density at radius 2 is 2.06 bits per heavy atom. The molecular weight excluding hydrogens is 250 g/mol. The Hall–Kier alpha value is -1.49. The van der Waals surface area contributed by atoms with Crippen LogP contribution in [-0.4, -0.2) is 35.0 Å². The van der Waals surface area contributed by atoms with E-state index in [0.717, 1.165) is 11.1 Å². The number of carboxylic acids is 1. The van der Waals surface area contributed by atoms with Crippen LogP contribution in [0.3, 0.4) is 0 Å². The van der Waals surface area contributed by atoms with Crippen LogP contribution < -0.4 is 5.32 Å². The molecule has 0 unspecified atom stereocenters. The standard InChI is InChI=1S/C13H17NO3S/c1-9-3-4-10(2)11(7-9)13(17)14-5-6-18-8-12(15)16/h3-4,7H,5-6,8H2,1-2H3,(H,14,17)(H,15,16). The minimum atomic E-state index is -0.833. The first-order valence-electron chi connectivity index (χ1n) is 5.65. The van der Waals surface area contributed by atoms with Crippen molar-refractivity contribution in [3.8, 4) is 0 Å². The van der Waals surface area contributed by atoms with Crippen molar-refractivity contribution in [2.24, 2.45) is 0 Å². The molecule has 0 atom stereocenters. The Kier molecular flexibility index (Phi) is 5.71. The van der Waals surface area contributed by atoms with Gasteiger partial charge in [-0.2, -0.15) is 0 Å². The van der Waals surface area contributed by atoms with E-state index in [2.05, 4.69) is 5.32 Å². The molecule has 1 rings (SSSR count). The molecule has 2 N–H and O–H groups in total. The highest BCUT2D eigenvalue weighted by molar-refractivity contribution is 7.99. The second kappa shape index (κ2) is 7.06. The summed E-state index contributed by atoms with van der Waals surface area (Å²) in [6.07, 6.45) is 0. The van der Waals surface area contributed by atoms with E-state index in [4.69, 9.17) is 5.11 Å². The topological polar surface area (TPSA) is 66.4 Å². The summed E-state index contributed by atoms with van der Waals surface area (Å²) in [6, 6.07) is 5.74. The average Bonchev–Trinajstić information content (AvgIpc) is 2.31. The monoisotopic (exact) mass is 267 g/mol. The number of nitrogens with one attached hydrogen (secondary N) is 1. The number of thioether (sulfide) groups is 1. The Morgan fingerprint density at radius 1 is 1.33 bits per heavy atom. The first-order valence-corrected chi connectivity index (χ1v) is 6.81. The normalized spacial score (nSPS) is 10.1. The smallest absolute Gasteiger partial charge is 0.313 e. The number of carbonyl (C=O) groups is 2. The molecule has 98 valence electrons. The zero-order valence-electron chi connectivity index (χ0n) is 10.5. The summed E-state index contributed by atoms with van der Waals surface area (Å²) in [7, 11) is 0. The van der Waals surface area contributed by atoms with Crippen molar-refractivity contribution in [3.05, 3.63) is 34.9 Å². The number of hydrogen-bond donors (Lipinski definition) is 2. The third-order valence-corrected chi connectivity index (χ3v) is 3.34. The first kappa shape index (κ1) is 14.6. The maximum absolute atomic E-state index is 11.9. The summed E-state index contributed by atoms with van der Waals surface area (Å²) in [5.41, 5.74) is 2.67. The third-order valence-electron chi connectivity index (χ3n) is 2.40. The van der Waals surface area contributed by atoms with Crippen molar-refractivity contribution in [2.45, 2.75) is 13.8 Å². The van der Waals surface area contributed by atoms with Gasteiger partial charge in [0.1, 0.15) is 0 Å². The Balaban J connectivity index is 2.41. The number of carboxylic acid groups (broad SMARTS) is 1. The summed E-state index contributed by atoms with van der Waals surface area (Å²) >= 11 is 1.29. The van der Waals surface area contributed by atoms with E-state index in [1.165, 1.54) is 11.8 Å². The van der Waals surface area contributed by atoms with E-state index in [1.807, 2.05) is 32.0 Å². The molecule has 1 aromatic rings. The second-order valence-electron chi connectivity index (χ2n) is 4.02. The van der Waals surface area contributed by atoms with Crippen LogP contribution >= 0.6 is 11.8 Å². The van der Waals surface area contributed by atoms with Crippen LogP contribution in [0.4, 0.5) is 0 Å². The number of aryl methyl sites for hydroxylation is 2. The molecule has 0 saturated carbocycles. The van der Waals surface area contributed by atoms with Crippen LogP contribution in [0.2, 0.25) is 0 Å². The SMILES string of the molecule is Cc1ccc(C)c(C(=O)NCCSCC(=O)O)c1. The van der Waals surface area contributed by atoms with Gasteiger partial charge in [-0.25, -0.2) is 0 Å². The van der Waals surface area contributed by atoms with Gasteiger partial charge in [0.15, 0.2) is 0 Å². The minimum Gasteiger partial charge on any atom is -0.481 e. The largest absolute Gasteiger partial charge is 0.481 e. The highest BCUT2D eigenvalue weighted by Crippen LogP contribution is 2.10. The van der Waals surface area contributed by atoms with Crippen LogP contribution in [0.5, 0.6) is 0 Å². The fourth-order valence-corrected chi connectivity index (χ4v) is 2.04. The molecule has 0 saturated heterocycles. The number of hydrogen-bond acceptors (Lipinski definition) is 3. The molecule has 5 heteroatoms. The maximum Gasteiger partial charge on any atom is 0.313 e. The van der Waals surface area contributed by atoms with E-state index in [9.17, 15) is 9.59 Å². The van der Waals surface area contributed by atoms with Crippen LogP contribution in [0.15, 0.2) is 18.2 Å². The molecule has 18 heavy (non-hydrogen) atoms. The van der Waals surface area contributed by atoms with Crippen molar-refractivity contribution in [3.63, 3.8) is 0 Å². The minimum absolute atomic E-state index is 0.0688. The van der Waals surface area contributed by atoms with E-state index in [0.29, 0.717) is 17.9 Å². The maximum atomic E-state index is 11.9. The first-order chi connectivity index (χ1) is 8.50. The molecule has 0 fully saturated rings. The average molecular weight is 267 g/mol. The lowest BCUT2D eigenvalue weighted by atomic mass is 10.1. The molecule has 0 heterocycles. The summed E-state index contributed by atoms with van der Waals surface area (Å²) in [6.45, 7) is 4.32. The lowest BCUT2D eigenvalue weighted by molar-refractivity contribution is -0.133. The number of aliphatic carboxylic acids is 1. The summed E-state index contributed by atoms with van der Waals surface area (Å²) < 4.78 is 0. The van der Waals surface area contributed by atoms with Gasteiger partial charge in [-0.3, -0.25) is 9.59 Å². The van der Waals surface area contributed by atoms with Gasteiger partial charge >= 0.3 is 5.97 Å². The molecule has 0 spiro atoms. The molecule has 1 amide bonds. The van der Waals surface area contributed by atoms with Crippen molar-refractivity contribution < 1.29 is 14.7 Å². The fourth-order valence-electron chi connectivity index (χ4n) is 1.47. The van der Waals surface area contributed by atoms with Crippen molar-refractivity contribution >= 4 is 23.6 Å². The van der Waals surface area contributed by atoms with Gasteiger partial charge in [0.25, 0.3) is 5.91 Å². The molecule has 0 aliphatic carbocycles. The summed E-state index contributed by atoms with van der Waals surface area (Å²) in [5.74, 6) is -0.268. The van der Waals surface area contributed by atoms with Gasteiger partial charge in [0.2, 0.25) is 0 Å². The highest BCUT2D eigenvalue weighted by atomic mass is 32.2. The molecule has 1 aromatic carbocycles. The van der Waals surface area contributed by atoms with Crippen LogP contribution in [0, 0.1) is 13.8 Å². The van der Waals surface area contributed by atoms with Gasteiger partial charge in [0, 0.05) is 17.9 Å². The molecule has 0 aliphatic rings. The van der Waals surface area contributed by atoms with Gasteiger partial charge in [0.05, 0.1) is 5.75 Å². The van der Waals surface area contributed by atoms with E-state index in [-0.39, 0.29) is 11.7 Å². The molecule has 4 nitrogen and oxygen atoms in total. The highest BCUT2D eigenvalue weighted by Gasteiger charge is 2.08. The van der Waals surface area contributed by atoms with Gasteiger partial charge in [-0.1, -0.05) is 17.7 Å². The van der Waals surface area contributed by atoms with Crippen LogP contribution in [0.1, 0.15) is 21.5 Å². The lowest BCUT2D eigenvalue weighted by Gasteiger charge is -2.08. The molecule has 0 aliphatic heterocycles. The Labute approximate surface area is 111 Å². The molecule has 0 bridgehead atoms. The van der Waals surface area contributed by atoms with E-state index in [1.54, 1.807) is 0 Å². The molecule has 0 radical (unpaired) electrons. The van der Waals surface area contributed by atoms with Crippen molar-refractivity contribution in [1.82, 2.24) is 5.32 Å². The number of benzene rings is 1. The fraction of sp³-hybridized carbons (Fsp3) is 0.385. The summed E-state index contributed by atoms with van der Waals surface area (Å²) in [5, 5.41) is 11.2. The van der Waals surface area contributed by atoms with Crippen LogP contribution in [0.25, 0.3) is 0 Å². The number of rotatable bonds is 6. The Morgan fingerprint density at radius 3 is 2.72 bits per heavy atom. The summed E-state index contributed by atoms with van der Waals surface area (Å²) in [4.78, 5) is 22.2. The zero-order chi connectivity index (χ0) is 13.5. The second-order valence-corrected chi connectivity index (χ2v) is 5.13. The van der Waals surface area contributed by atoms with Gasteiger partial charge < -0.3 is 10.4 Å². The number of amides is 1. The predicted octanol–water partition coefficient (Wildman–Crippen LogP) is 1.85. The number of carbonyl (C=O) groups excluding carboxylic acids is 1. The Bertz CT molecular complexity index is 446. The van der Waals surface area contributed by atoms with Crippen molar-refractivity contribution in [2.75, 3.05) is 18.1 Å². The van der Waals surface area contributed by atoms with Gasteiger partial charge in [-0.15, -0.1) is 11.8 Å². The molecular formula is C13H17NO3S. The van der Waals surface area contributed by atoms with E-state index < -0.39 is 5.97 Å². The quantitative estimate of drug-likeness (QED) is 0.772. The van der Waals surface area contributed by atoms with E-state index >= 15 is 0 Å². The van der Waals surface area contributed by atoms with Crippen LogP contribution in [-0.2, 0) is 4.79 Å². The lowest BCUT2D eigenvalue weighted by Crippen LogP contribution is -2.26. The van der Waals surface area contributed by atoms with Gasteiger partial charge in [-0.05, 0) is 25.5 Å². The van der Waals surface area contributed by atoms with Crippen molar-refractivity contribution in [1.29, 1.82) is 0 Å². The predicted molar refractivity (Wildman–Crippen MR) is 73.2 cm³/mol. The zero-order valence-corrected chi connectivity index (χ0v) is 11.3. The molecule has 0 aromatic heterocycles. The third kappa shape index (κ3) is 4.79.